The van der Waals surface area contributed by atoms with E-state index in [-0.39, 0.29) is 10.8 Å². The smallest absolute Gasteiger partial charge is 0.264 e. The van der Waals surface area contributed by atoms with Crippen LogP contribution in [-0.2, 0) is 14.8 Å². The number of sulfonamides is 1. The van der Waals surface area contributed by atoms with Crippen molar-refractivity contribution in [3.05, 3.63) is 53.6 Å². The number of halogens is 1. The fourth-order valence-corrected chi connectivity index (χ4v) is 3.18. The van der Waals surface area contributed by atoms with Crippen molar-refractivity contribution in [2.75, 3.05) is 16.7 Å². The maximum atomic E-state index is 12.6. The average molecular weight is 339 g/mol. The second kappa shape index (κ2) is 6.37. The molecule has 0 aliphatic rings. The van der Waals surface area contributed by atoms with Gasteiger partial charge in [-0.25, -0.2) is 8.42 Å². The van der Waals surface area contributed by atoms with Crippen LogP contribution in [0.1, 0.15) is 6.92 Å². The molecule has 0 unspecified atom stereocenters. The van der Waals surface area contributed by atoms with Crippen LogP contribution in [0.5, 0.6) is 0 Å². The van der Waals surface area contributed by atoms with Gasteiger partial charge in [0, 0.05) is 24.7 Å². The van der Waals surface area contributed by atoms with Crippen molar-refractivity contribution in [1.29, 1.82) is 0 Å². The highest BCUT2D eigenvalue weighted by atomic mass is 35.5. The van der Waals surface area contributed by atoms with E-state index in [0.29, 0.717) is 16.4 Å². The zero-order valence-electron chi connectivity index (χ0n) is 12.1. The van der Waals surface area contributed by atoms with Gasteiger partial charge in [-0.15, -0.1) is 0 Å². The fraction of sp³-hybridized carbons (Fsp3) is 0.133. The second-order valence-corrected chi connectivity index (χ2v) is 7.06. The minimum atomic E-state index is -3.67. The first-order chi connectivity index (χ1) is 10.3. The first-order valence-corrected chi connectivity index (χ1v) is 8.24. The molecular weight excluding hydrogens is 324 g/mol. The third-order valence-corrected chi connectivity index (χ3v) is 5.08. The van der Waals surface area contributed by atoms with E-state index >= 15 is 0 Å². The highest BCUT2D eigenvalue weighted by Gasteiger charge is 2.21. The van der Waals surface area contributed by atoms with E-state index in [1.807, 2.05) is 0 Å². The highest BCUT2D eigenvalue weighted by molar-refractivity contribution is 7.92. The van der Waals surface area contributed by atoms with E-state index in [0.717, 1.165) is 0 Å². The van der Waals surface area contributed by atoms with Crippen LogP contribution in [0.25, 0.3) is 0 Å². The first kappa shape index (κ1) is 16.3. The van der Waals surface area contributed by atoms with Gasteiger partial charge in [0.05, 0.1) is 10.6 Å². The number of hydrogen-bond acceptors (Lipinski definition) is 3. The van der Waals surface area contributed by atoms with Gasteiger partial charge in [-0.2, -0.15) is 0 Å². The monoisotopic (exact) mass is 338 g/mol. The molecule has 116 valence electrons. The fourth-order valence-electron chi connectivity index (χ4n) is 1.86. The van der Waals surface area contributed by atoms with E-state index in [4.69, 9.17) is 11.6 Å². The van der Waals surface area contributed by atoms with Crippen molar-refractivity contribution in [2.24, 2.45) is 0 Å². The lowest BCUT2D eigenvalue weighted by molar-refractivity contribution is -0.114. The van der Waals surface area contributed by atoms with E-state index in [2.05, 4.69) is 5.32 Å². The Labute approximate surface area is 134 Å². The summed E-state index contributed by atoms with van der Waals surface area (Å²) in [6.07, 6.45) is 0. The predicted molar refractivity (Wildman–Crippen MR) is 87.8 cm³/mol. The lowest BCUT2D eigenvalue weighted by atomic mass is 10.3. The summed E-state index contributed by atoms with van der Waals surface area (Å²) in [5.74, 6) is -0.214. The lowest BCUT2D eigenvalue weighted by Gasteiger charge is -2.19. The van der Waals surface area contributed by atoms with Crippen molar-refractivity contribution in [3.8, 4) is 0 Å². The van der Waals surface area contributed by atoms with Crippen molar-refractivity contribution in [1.82, 2.24) is 0 Å². The summed E-state index contributed by atoms with van der Waals surface area (Å²) in [5.41, 5.74) is 1.05. The molecule has 0 radical (unpaired) electrons. The Hall–Kier alpha value is -2.05. The van der Waals surface area contributed by atoms with Gasteiger partial charge in [-0.05, 0) is 48.5 Å². The van der Waals surface area contributed by atoms with Crippen LogP contribution in [0.3, 0.4) is 0 Å². The minimum Gasteiger partial charge on any atom is -0.326 e. The number of amides is 1. The molecular formula is C15H15ClN2O3S. The summed E-state index contributed by atoms with van der Waals surface area (Å²) >= 11 is 5.80. The summed E-state index contributed by atoms with van der Waals surface area (Å²) < 4.78 is 26.3. The molecule has 1 amide bonds. The van der Waals surface area contributed by atoms with Gasteiger partial charge in [0.1, 0.15) is 0 Å². The number of rotatable bonds is 4. The van der Waals surface area contributed by atoms with Gasteiger partial charge in [0.15, 0.2) is 0 Å². The average Bonchev–Trinajstić information content (AvgIpc) is 2.47. The van der Waals surface area contributed by atoms with Crippen LogP contribution in [0.4, 0.5) is 11.4 Å². The number of nitrogens with zero attached hydrogens (tertiary/aromatic N) is 1. The van der Waals surface area contributed by atoms with Crippen LogP contribution < -0.4 is 9.62 Å². The zero-order chi connectivity index (χ0) is 16.3. The van der Waals surface area contributed by atoms with Gasteiger partial charge >= 0.3 is 0 Å². The van der Waals surface area contributed by atoms with Gasteiger partial charge < -0.3 is 5.32 Å². The van der Waals surface area contributed by atoms with Crippen molar-refractivity contribution in [3.63, 3.8) is 0 Å². The van der Waals surface area contributed by atoms with Gasteiger partial charge in [0.2, 0.25) is 5.91 Å². The molecule has 0 heterocycles. The van der Waals surface area contributed by atoms with Crippen molar-refractivity contribution < 1.29 is 13.2 Å². The van der Waals surface area contributed by atoms with Crippen LogP contribution in [-0.4, -0.2) is 21.4 Å². The Kier molecular flexibility index (Phi) is 4.73. The summed E-state index contributed by atoms with van der Waals surface area (Å²) in [6.45, 7) is 1.39. The molecule has 2 aromatic rings. The standard InChI is InChI=1S/C15H15ClN2O3S/c1-11(19)17-13-5-9-15(10-6-13)22(20,21)18(2)14-7-3-12(16)4-8-14/h3-10H,1-2H3,(H,17,19). The van der Waals surface area contributed by atoms with Crippen LogP contribution in [0, 0.1) is 0 Å². The highest BCUT2D eigenvalue weighted by Crippen LogP contribution is 2.24. The number of hydrogen-bond donors (Lipinski definition) is 1. The maximum Gasteiger partial charge on any atom is 0.264 e. The molecule has 0 fully saturated rings. The molecule has 1 N–H and O–H groups in total. The largest absolute Gasteiger partial charge is 0.326 e. The number of carbonyl (C=O) groups is 1. The van der Waals surface area contributed by atoms with Gasteiger partial charge in [0.25, 0.3) is 10.0 Å². The molecule has 2 rings (SSSR count). The second-order valence-electron chi connectivity index (χ2n) is 4.65. The van der Waals surface area contributed by atoms with E-state index in [9.17, 15) is 13.2 Å². The molecule has 0 aliphatic carbocycles. The maximum absolute atomic E-state index is 12.6. The normalized spacial score (nSPS) is 11.0. The van der Waals surface area contributed by atoms with E-state index in [1.165, 1.54) is 30.4 Å². The molecule has 5 nitrogen and oxygen atoms in total. The molecule has 0 saturated heterocycles. The number of carbonyl (C=O) groups excluding carboxylic acids is 1. The van der Waals surface area contributed by atoms with E-state index < -0.39 is 10.0 Å². The molecule has 0 bridgehead atoms. The van der Waals surface area contributed by atoms with Gasteiger partial charge in [-0.1, -0.05) is 11.6 Å². The Morgan fingerprint density at radius 1 is 1.05 bits per heavy atom. The minimum absolute atomic E-state index is 0.138. The Balaban J connectivity index is 2.29. The number of nitrogens with one attached hydrogen (secondary N) is 1. The molecule has 0 spiro atoms. The Morgan fingerprint density at radius 3 is 2.09 bits per heavy atom. The quantitative estimate of drug-likeness (QED) is 0.931. The topological polar surface area (TPSA) is 66.5 Å². The summed E-state index contributed by atoms with van der Waals surface area (Å²) in [7, 11) is -2.20. The Bertz CT molecular complexity index is 771. The van der Waals surface area contributed by atoms with E-state index in [1.54, 1.807) is 36.4 Å². The van der Waals surface area contributed by atoms with Crippen LogP contribution in [0.15, 0.2) is 53.4 Å². The molecule has 2 aromatic carbocycles. The number of benzene rings is 2. The number of anilines is 2. The summed E-state index contributed by atoms with van der Waals surface area (Å²) in [5, 5.41) is 3.12. The molecule has 0 saturated carbocycles. The lowest BCUT2D eigenvalue weighted by Crippen LogP contribution is -2.26. The Morgan fingerprint density at radius 2 is 1.59 bits per heavy atom. The third kappa shape index (κ3) is 3.58. The third-order valence-electron chi connectivity index (χ3n) is 3.02. The first-order valence-electron chi connectivity index (χ1n) is 6.43. The predicted octanol–water partition coefficient (Wildman–Crippen LogP) is 3.12. The molecule has 7 heteroatoms. The molecule has 0 aromatic heterocycles. The van der Waals surface area contributed by atoms with Crippen molar-refractivity contribution >= 4 is 38.9 Å². The molecule has 0 aliphatic heterocycles. The van der Waals surface area contributed by atoms with Gasteiger partial charge in [-0.3, -0.25) is 9.10 Å². The molecule has 22 heavy (non-hydrogen) atoms. The summed E-state index contributed by atoms with van der Waals surface area (Å²) in [6, 6.07) is 12.5. The van der Waals surface area contributed by atoms with Crippen LogP contribution >= 0.6 is 11.6 Å². The zero-order valence-corrected chi connectivity index (χ0v) is 13.6. The van der Waals surface area contributed by atoms with Crippen molar-refractivity contribution in [2.45, 2.75) is 11.8 Å². The summed E-state index contributed by atoms with van der Waals surface area (Å²) in [4.78, 5) is 11.1. The van der Waals surface area contributed by atoms with Crippen LogP contribution in [0.2, 0.25) is 5.02 Å². The molecule has 0 atom stereocenters. The SMILES string of the molecule is CC(=O)Nc1ccc(S(=O)(=O)N(C)c2ccc(Cl)cc2)cc1.